The van der Waals surface area contributed by atoms with Gasteiger partial charge < -0.3 is 15.4 Å². The molecule has 0 radical (unpaired) electrons. The van der Waals surface area contributed by atoms with E-state index < -0.39 is 0 Å². The summed E-state index contributed by atoms with van der Waals surface area (Å²) in [7, 11) is 1.77. The standard InChI is InChI=1S/C10H15N3O2/c1-3-15-10(14)7-13(2)9-5-4-8(11)6-12-9/h4-6H,3,7,11H2,1-2H3. The molecular weight excluding hydrogens is 194 g/mol. The minimum atomic E-state index is -0.265. The quantitative estimate of drug-likeness (QED) is 0.738. The first-order valence-electron chi connectivity index (χ1n) is 4.71. The number of likely N-dealkylation sites (N-methyl/N-ethyl adjacent to an activating group) is 1. The third-order valence-electron chi connectivity index (χ3n) is 1.83. The highest BCUT2D eigenvalue weighted by molar-refractivity contribution is 5.75. The van der Waals surface area contributed by atoms with Gasteiger partial charge in [0, 0.05) is 7.05 Å². The number of aromatic nitrogens is 1. The summed E-state index contributed by atoms with van der Waals surface area (Å²) >= 11 is 0. The maximum absolute atomic E-state index is 11.2. The smallest absolute Gasteiger partial charge is 0.325 e. The average Bonchev–Trinajstić information content (AvgIpc) is 2.18. The predicted molar refractivity (Wildman–Crippen MR) is 58.6 cm³/mol. The first kappa shape index (κ1) is 11.3. The molecular formula is C10H15N3O2. The normalized spacial score (nSPS) is 9.73. The lowest BCUT2D eigenvalue weighted by Crippen LogP contribution is -2.27. The van der Waals surface area contributed by atoms with Crippen molar-refractivity contribution in [2.45, 2.75) is 6.92 Å². The molecule has 0 saturated heterocycles. The van der Waals surface area contributed by atoms with Crippen molar-refractivity contribution in [3.05, 3.63) is 18.3 Å². The van der Waals surface area contributed by atoms with E-state index >= 15 is 0 Å². The van der Waals surface area contributed by atoms with Gasteiger partial charge in [-0.15, -0.1) is 0 Å². The van der Waals surface area contributed by atoms with Gasteiger partial charge >= 0.3 is 5.97 Å². The fourth-order valence-electron chi connectivity index (χ4n) is 1.10. The molecule has 1 heterocycles. The number of pyridine rings is 1. The topological polar surface area (TPSA) is 68.5 Å². The highest BCUT2D eigenvalue weighted by Gasteiger charge is 2.08. The number of hydrogen-bond acceptors (Lipinski definition) is 5. The molecule has 0 bridgehead atoms. The first-order chi connectivity index (χ1) is 7.13. The number of hydrogen-bond donors (Lipinski definition) is 1. The Bertz CT molecular complexity index is 324. The lowest BCUT2D eigenvalue weighted by molar-refractivity contribution is -0.141. The van der Waals surface area contributed by atoms with Gasteiger partial charge in [-0.3, -0.25) is 4.79 Å². The van der Waals surface area contributed by atoms with E-state index in [-0.39, 0.29) is 12.5 Å². The second-order valence-corrected chi connectivity index (χ2v) is 3.11. The van der Waals surface area contributed by atoms with Crippen molar-refractivity contribution in [3.63, 3.8) is 0 Å². The van der Waals surface area contributed by atoms with Gasteiger partial charge in [-0.2, -0.15) is 0 Å². The van der Waals surface area contributed by atoms with Crippen LogP contribution in [0.1, 0.15) is 6.92 Å². The molecule has 0 amide bonds. The molecule has 0 unspecified atom stereocenters. The van der Waals surface area contributed by atoms with Crippen LogP contribution in [0.25, 0.3) is 0 Å². The molecule has 0 spiro atoms. The van der Waals surface area contributed by atoms with Crippen LogP contribution in [0.15, 0.2) is 18.3 Å². The van der Waals surface area contributed by atoms with Crippen LogP contribution in [0.2, 0.25) is 0 Å². The van der Waals surface area contributed by atoms with Crippen LogP contribution in [-0.4, -0.2) is 31.2 Å². The molecule has 0 aliphatic heterocycles. The Balaban J connectivity index is 2.57. The molecule has 82 valence electrons. The van der Waals surface area contributed by atoms with Crippen LogP contribution in [0.4, 0.5) is 11.5 Å². The van der Waals surface area contributed by atoms with Crippen LogP contribution in [-0.2, 0) is 9.53 Å². The number of rotatable bonds is 4. The Morgan fingerprint density at radius 2 is 2.33 bits per heavy atom. The number of ether oxygens (including phenoxy) is 1. The Morgan fingerprint density at radius 3 is 2.87 bits per heavy atom. The largest absolute Gasteiger partial charge is 0.465 e. The Kier molecular flexibility index (Phi) is 3.91. The Morgan fingerprint density at radius 1 is 1.60 bits per heavy atom. The van der Waals surface area contributed by atoms with E-state index in [2.05, 4.69) is 4.98 Å². The Labute approximate surface area is 88.9 Å². The summed E-state index contributed by atoms with van der Waals surface area (Å²) in [6.45, 7) is 2.35. The number of nitrogens with zero attached hydrogens (tertiary/aromatic N) is 2. The first-order valence-corrected chi connectivity index (χ1v) is 4.71. The van der Waals surface area contributed by atoms with E-state index in [1.54, 1.807) is 37.2 Å². The number of esters is 1. The molecule has 0 saturated carbocycles. The van der Waals surface area contributed by atoms with E-state index in [4.69, 9.17) is 10.5 Å². The van der Waals surface area contributed by atoms with Crippen LogP contribution < -0.4 is 10.6 Å². The highest BCUT2D eigenvalue weighted by Crippen LogP contribution is 2.09. The van der Waals surface area contributed by atoms with Crippen molar-refractivity contribution < 1.29 is 9.53 Å². The molecule has 0 atom stereocenters. The summed E-state index contributed by atoms with van der Waals surface area (Å²) in [5.41, 5.74) is 6.10. The third kappa shape index (κ3) is 3.46. The summed E-state index contributed by atoms with van der Waals surface area (Å²) in [4.78, 5) is 17.0. The summed E-state index contributed by atoms with van der Waals surface area (Å²) in [6.07, 6.45) is 1.55. The van der Waals surface area contributed by atoms with E-state index in [1.165, 1.54) is 0 Å². The van der Waals surface area contributed by atoms with E-state index in [0.717, 1.165) is 0 Å². The summed E-state index contributed by atoms with van der Waals surface area (Å²) in [5.74, 6) is 0.427. The van der Waals surface area contributed by atoms with Crippen LogP contribution in [0.3, 0.4) is 0 Å². The molecule has 1 aromatic heterocycles. The van der Waals surface area contributed by atoms with Crippen molar-refractivity contribution >= 4 is 17.5 Å². The number of nitrogens with two attached hydrogens (primary N) is 1. The molecule has 1 rings (SSSR count). The number of carbonyl (C=O) groups excluding carboxylic acids is 1. The highest BCUT2D eigenvalue weighted by atomic mass is 16.5. The molecule has 0 aromatic carbocycles. The van der Waals surface area contributed by atoms with Crippen LogP contribution >= 0.6 is 0 Å². The van der Waals surface area contributed by atoms with E-state index in [9.17, 15) is 4.79 Å². The molecule has 0 aliphatic carbocycles. The van der Waals surface area contributed by atoms with Crippen LogP contribution in [0, 0.1) is 0 Å². The Hall–Kier alpha value is -1.78. The zero-order chi connectivity index (χ0) is 11.3. The molecule has 1 aromatic rings. The monoisotopic (exact) mass is 209 g/mol. The lowest BCUT2D eigenvalue weighted by atomic mass is 10.4. The van der Waals surface area contributed by atoms with Crippen molar-refractivity contribution in [3.8, 4) is 0 Å². The molecule has 5 nitrogen and oxygen atoms in total. The second kappa shape index (κ2) is 5.19. The van der Waals surface area contributed by atoms with Gasteiger partial charge in [0.25, 0.3) is 0 Å². The molecule has 0 aliphatic rings. The minimum Gasteiger partial charge on any atom is -0.465 e. The maximum Gasteiger partial charge on any atom is 0.325 e. The van der Waals surface area contributed by atoms with Crippen molar-refractivity contribution in [1.29, 1.82) is 0 Å². The zero-order valence-corrected chi connectivity index (χ0v) is 8.93. The van der Waals surface area contributed by atoms with Crippen molar-refractivity contribution in [1.82, 2.24) is 4.98 Å². The predicted octanol–water partition coefficient (Wildman–Crippen LogP) is 0.663. The van der Waals surface area contributed by atoms with Gasteiger partial charge in [0.15, 0.2) is 0 Å². The minimum absolute atomic E-state index is 0.185. The SMILES string of the molecule is CCOC(=O)CN(C)c1ccc(N)cn1. The van der Waals surface area contributed by atoms with Crippen molar-refractivity contribution in [2.24, 2.45) is 0 Å². The fraction of sp³-hybridized carbons (Fsp3) is 0.400. The van der Waals surface area contributed by atoms with Gasteiger partial charge in [-0.05, 0) is 19.1 Å². The van der Waals surface area contributed by atoms with Gasteiger partial charge in [0.2, 0.25) is 0 Å². The lowest BCUT2D eigenvalue weighted by Gasteiger charge is -2.16. The zero-order valence-electron chi connectivity index (χ0n) is 8.93. The number of nitrogen functional groups attached to an aromatic ring is 1. The summed E-state index contributed by atoms with van der Waals surface area (Å²) in [6, 6.07) is 3.50. The van der Waals surface area contributed by atoms with Gasteiger partial charge in [0.1, 0.15) is 12.4 Å². The average molecular weight is 209 g/mol. The number of anilines is 2. The second-order valence-electron chi connectivity index (χ2n) is 3.11. The van der Waals surface area contributed by atoms with Gasteiger partial charge in [-0.1, -0.05) is 0 Å². The third-order valence-corrected chi connectivity index (χ3v) is 1.83. The molecule has 15 heavy (non-hydrogen) atoms. The summed E-state index contributed by atoms with van der Waals surface area (Å²) < 4.78 is 4.82. The molecule has 0 fully saturated rings. The van der Waals surface area contributed by atoms with Crippen molar-refractivity contribution in [2.75, 3.05) is 30.8 Å². The van der Waals surface area contributed by atoms with E-state index in [1.807, 2.05) is 0 Å². The maximum atomic E-state index is 11.2. The molecule has 5 heteroatoms. The summed E-state index contributed by atoms with van der Waals surface area (Å²) in [5, 5.41) is 0. The fourth-order valence-corrected chi connectivity index (χ4v) is 1.10. The van der Waals surface area contributed by atoms with E-state index in [0.29, 0.717) is 18.1 Å². The van der Waals surface area contributed by atoms with Gasteiger partial charge in [0.05, 0.1) is 18.5 Å². The number of carbonyl (C=O) groups is 1. The van der Waals surface area contributed by atoms with Gasteiger partial charge in [-0.25, -0.2) is 4.98 Å². The van der Waals surface area contributed by atoms with Crippen LogP contribution in [0.5, 0.6) is 0 Å². The molecule has 2 N–H and O–H groups in total.